The third-order valence-corrected chi connectivity index (χ3v) is 4.19. The van der Waals surface area contributed by atoms with Gasteiger partial charge in [0, 0.05) is 24.0 Å². The largest absolute Gasteiger partial charge is 0.384 e. The zero-order valence-electron chi connectivity index (χ0n) is 11.8. The summed E-state index contributed by atoms with van der Waals surface area (Å²) < 4.78 is 0. The monoisotopic (exact) mass is 313 g/mol. The number of thiol groups is 1. The molecule has 1 aromatic carbocycles. The number of halogens is 1. The van der Waals surface area contributed by atoms with Gasteiger partial charge in [0.2, 0.25) is 0 Å². The Kier molecular flexibility index (Phi) is 7.00. The molecule has 0 unspecified atom stereocenters. The van der Waals surface area contributed by atoms with Crippen molar-refractivity contribution in [1.29, 1.82) is 0 Å². The van der Waals surface area contributed by atoms with Gasteiger partial charge in [0.15, 0.2) is 0 Å². The van der Waals surface area contributed by atoms with Crippen LogP contribution in [0.15, 0.2) is 23.1 Å². The van der Waals surface area contributed by atoms with Crippen molar-refractivity contribution < 1.29 is 0 Å². The zero-order valence-corrected chi connectivity index (χ0v) is 13.4. The SMILES string of the molecule is Sc1ccc(NCCCCNC[C@@H]2CCCN2)c(Cl)c1. The van der Waals surface area contributed by atoms with Crippen molar-refractivity contribution in [1.82, 2.24) is 10.6 Å². The van der Waals surface area contributed by atoms with Crippen LogP contribution in [0.3, 0.4) is 0 Å². The predicted octanol–water partition coefficient (Wildman–Crippen LogP) is 3.16. The van der Waals surface area contributed by atoms with E-state index in [-0.39, 0.29) is 0 Å². The summed E-state index contributed by atoms with van der Waals surface area (Å²) in [6, 6.07) is 6.48. The van der Waals surface area contributed by atoms with Crippen molar-refractivity contribution in [2.45, 2.75) is 36.6 Å². The van der Waals surface area contributed by atoms with E-state index in [4.69, 9.17) is 11.6 Å². The van der Waals surface area contributed by atoms with E-state index in [1.54, 1.807) is 0 Å². The van der Waals surface area contributed by atoms with Gasteiger partial charge < -0.3 is 16.0 Å². The second-order valence-electron chi connectivity index (χ2n) is 5.30. The van der Waals surface area contributed by atoms with Gasteiger partial charge in [-0.15, -0.1) is 12.6 Å². The van der Waals surface area contributed by atoms with E-state index in [1.807, 2.05) is 18.2 Å². The summed E-state index contributed by atoms with van der Waals surface area (Å²) in [5.74, 6) is 0. The summed E-state index contributed by atoms with van der Waals surface area (Å²) >= 11 is 10.4. The summed E-state index contributed by atoms with van der Waals surface area (Å²) in [6.45, 7) is 4.32. The Labute approximate surface area is 132 Å². The molecule has 1 heterocycles. The molecule has 3 nitrogen and oxygen atoms in total. The average molecular weight is 314 g/mol. The minimum atomic E-state index is 0.687. The van der Waals surface area contributed by atoms with Gasteiger partial charge in [0.25, 0.3) is 0 Å². The Hall–Kier alpha value is -0.420. The maximum atomic E-state index is 6.13. The molecule has 0 amide bonds. The number of hydrogen-bond acceptors (Lipinski definition) is 4. The highest BCUT2D eigenvalue weighted by molar-refractivity contribution is 7.80. The predicted molar refractivity (Wildman–Crippen MR) is 90.3 cm³/mol. The second-order valence-corrected chi connectivity index (χ2v) is 6.22. The first kappa shape index (κ1) is 16.0. The van der Waals surface area contributed by atoms with Crippen molar-refractivity contribution in [2.75, 3.05) is 31.5 Å². The Balaban J connectivity index is 1.50. The smallest absolute Gasteiger partial charge is 0.0648 e. The zero-order chi connectivity index (χ0) is 14.2. The van der Waals surface area contributed by atoms with E-state index in [1.165, 1.54) is 25.8 Å². The Morgan fingerprint density at radius 3 is 2.90 bits per heavy atom. The fourth-order valence-electron chi connectivity index (χ4n) is 2.45. The molecule has 1 fully saturated rings. The highest BCUT2D eigenvalue weighted by Crippen LogP contribution is 2.24. The first-order chi connectivity index (χ1) is 9.75. The summed E-state index contributed by atoms with van der Waals surface area (Å²) in [6.07, 6.45) is 4.96. The highest BCUT2D eigenvalue weighted by atomic mass is 35.5. The lowest BCUT2D eigenvalue weighted by molar-refractivity contribution is 0.526. The second kappa shape index (κ2) is 8.78. The Morgan fingerprint density at radius 2 is 2.15 bits per heavy atom. The van der Waals surface area contributed by atoms with E-state index in [0.717, 1.165) is 41.7 Å². The fraction of sp³-hybridized carbons (Fsp3) is 0.600. The van der Waals surface area contributed by atoms with Crippen LogP contribution in [-0.4, -0.2) is 32.2 Å². The van der Waals surface area contributed by atoms with E-state index >= 15 is 0 Å². The van der Waals surface area contributed by atoms with Crippen molar-refractivity contribution in [2.24, 2.45) is 0 Å². The lowest BCUT2D eigenvalue weighted by Gasteiger charge is -2.12. The van der Waals surface area contributed by atoms with Crippen LogP contribution in [0.25, 0.3) is 0 Å². The van der Waals surface area contributed by atoms with Crippen molar-refractivity contribution in [3.8, 4) is 0 Å². The molecule has 5 heteroatoms. The minimum Gasteiger partial charge on any atom is -0.384 e. The summed E-state index contributed by atoms with van der Waals surface area (Å²) in [4.78, 5) is 0.894. The highest BCUT2D eigenvalue weighted by Gasteiger charge is 2.12. The topological polar surface area (TPSA) is 36.1 Å². The van der Waals surface area contributed by atoms with E-state index in [2.05, 4.69) is 28.6 Å². The van der Waals surface area contributed by atoms with Crippen molar-refractivity contribution >= 4 is 29.9 Å². The van der Waals surface area contributed by atoms with Gasteiger partial charge in [-0.05, 0) is 57.0 Å². The minimum absolute atomic E-state index is 0.687. The average Bonchev–Trinajstić information content (AvgIpc) is 2.93. The Bertz CT molecular complexity index is 408. The van der Waals surface area contributed by atoms with Gasteiger partial charge in [-0.2, -0.15) is 0 Å². The van der Waals surface area contributed by atoms with Gasteiger partial charge in [0.05, 0.1) is 10.7 Å². The number of nitrogens with one attached hydrogen (secondary N) is 3. The van der Waals surface area contributed by atoms with Crippen LogP contribution < -0.4 is 16.0 Å². The molecule has 3 N–H and O–H groups in total. The third kappa shape index (κ3) is 5.52. The van der Waals surface area contributed by atoms with Crippen LogP contribution in [0.2, 0.25) is 5.02 Å². The molecule has 1 aliphatic rings. The molecule has 0 radical (unpaired) electrons. The number of rotatable bonds is 8. The van der Waals surface area contributed by atoms with Crippen LogP contribution in [0.4, 0.5) is 5.69 Å². The third-order valence-electron chi connectivity index (χ3n) is 3.60. The van der Waals surface area contributed by atoms with Gasteiger partial charge in [-0.25, -0.2) is 0 Å². The number of anilines is 1. The molecule has 0 saturated carbocycles. The molecule has 0 aliphatic carbocycles. The molecule has 1 aromatic rings. The van der Waals surface area contributed by atoms with E-state index in [0.29, 0.717) is 6.04 Å². The molecule has 1 atom stereocenters. The van der Waals surface area contributed by atoms with Crippen LogP contribution in [-0.2, 0) is 0 Å². The van der Waals surface area contributed by atoms with Gasteiger partial charge in [-0.3, -0.25) is 0 Å². The fourth-order valence-corrected chi connectivity index (χ4v) is 2.98. The first-order valence-electron chi connectivity index (χ1n) is 7.42. The molecule has 0 aromatic heterocycles. The lowest BCUT2D eigenvalue weighted by atomic mass is 10.2. The standard InChI is InChI=1S/C15H24ClN3S/c16-14-10-13(20)5-6-15(14)19-8-2-1-7-17-11-12-4-3-9-18-12/h5-6,10,12,17-20H,1-4,7-9,11H2/t12-/m0/s1. The van der Waals surface area contributed by atoms with E-state index < -0.39 is 0 Å². The summed E-state index contributed by atoms with van der Waals surface area (Å²) in [5, 5.41) is 11.1. The normalized spacial score (nSPS) is 18.4. The molecular formula is C15H24ClN3S. The van der Waals surface area contributed by atoms with Crippen molar-refractivity contribution in [3.05, 3.63) is 23.2 Å². The molecule has 2 rings (SSSR count). The Morgan fingerprint density at radius 1 is 1.30 bits per heavy atom. The molecule has 1 saturated heterocycles. The van der Waals surface area contributed by atoms with E-state index in [9.17, 15) is 0 Å². The van der Waals surface area contributed by atoms with Crippen LogP contribution >= 0.6 is 24.2 Å². The van der Waals surface area contributed by atoms with Crippen LogP contribution in [0, 0.1) is 0 Å². The van der Waals surface area contributed by atoms with Gasteiger partial charge >= 0.3 is 0 Å². The number of unbranched alkanes of at least 4 members (excludes halogenated alkanes) is 1. The van der Waals surface area contributed by atoms with Crippen molar-refractivity contribution in [3.63, 3.8) is 0 Å². The van der Waals surface area contributed by atoms with Crippen LogP contribution in [0.1, 0.15) is 25.7 Å². The molecule has 112 valence electrons. The van der Waals surface area contributed by atoms with Crippen LogP contribution in [0.5, 0.6) is 0 Å². The maximum Gasteiger partial charge on any atom is 0.0648 e. The quantitative estimate of drug-likeness (QED) is 0.440. The molecular weight excluding hydrogens is 290 g/mol. The number of hydrogen-bond donors (Lipinski definition) is 4. The maximum absolute atomic E-state index is 6.13. The lowest BCUT2D eigenvalue weighted by Crippen LogP contribution is -2.34. The summed E-state index contributed by atoms with van der Waals surface area (Å²) in [7, 11) is 0. The molecule has 0 spiro atoms. The first-order valence-corrected chi connectivity index (χ1v) is 8.25. The van der Waals surface area contributed by atoms with Gasteiger partial charge in [0.1, 0.15) is 0 Å². The molecule has 20 heavy (non-hydrogen) atoms. The van der Waals surface area contributed by atoms with Gasteiger partial charge in [-0.1, -0.05) is 11.6 Å². The molecule has 0 bridgehead atoms. The summed E-state index contributed by atoms with van der Waals surface area (Å²) in [5.41, 5.74) is 0.993. The number of benzene rings is 1. The molecule has 1 aliphatic heterocycles.